The highest BCUT2D eigenvalue weighted by molar-refractivity contribution is 6.31. The fourth-order valence-electron chi connectivity index (χ4n) is 2.40. The predicted octanol–water partition coefficient (Wildman–Crippen LogP) is 3.06. The molecule has 2 heterocycles. The number of fused-ring (bicyclic) bond motifs is 1. The van der Waals surface area contributed by atoms with Crippen LogP contribution < -0.4 is 0 Å². The number of aliphatic hydroxyl groups excluding tert-OH is 1. The van der Waals surface area contributed by atoms with Gasteiger partial charge in [0.2, 0.25) is 0 Å². The Morgan fingerprint density at radius 1 is 1.14 bits per heavy atom. The summed E-state index contributed by atoms with van der Waals surface area (Å²) >= 11 is 6.25. The van der Waals surface area contributed by atoms with Gasteiger partial charge in [-0.25, -0.2) is 9.97 Å². The van der Waals surface area contributed by atoms with Crippen LogP contribution in [0, 0.1) is 0 Å². The van der Waals surface area contributed by atoms with Gasteiger partial charge in [-0.15, -0.1) is 0 Å². The normalized spacial score (nSPS) is 11.1. The SMILES string of the molecule is OCCCc1nc2cccnc2n1Cc1ccccc1Cl. The molecule has 0 unspecified atom stereocenters. The van der Waals surface area contributed by atoms with Crippen LogP contribution in [0.3, 0.4) is 0 Å². The molecule has 0 amide bonds. The van der Waals surface area contributed by atoms with Crippen LogP contribution in [0.15, 0.2) is 42.6 Å². The zero-order valence-electron chi connectivity index (χ0n) is 11.5. The second kappa shape index (κ2) is 6.24. The predicted molar refractivity (Wildman–Crippen MR) is 83.5 cm³/mol. The third kappa shape index (κ3) is 2.91. The maximum atomic E-state index is 9.05. The Morgan fingerprint density at radius 2 is 2.00 bits per heavy atom. The molecule has 108 valence electrons. The zero-order valence-corrected chi connectivity index (χ0v) is 12.3. The summed E-state index contributed by atoms with van der Waals surface area (Å²) in [6.45, 7) is 0.788. The van der Waals surface area contributed by atoms with Crippen LogP contribution in [-0.4, -0.2) is 26.2 Å². The van der Waals surface area contributed by atoms with Crippen LogP contribution in [-0.2, 0) is 13.0 Å². The van der Waals surface area contributed by atoms with Gasteiger partial charge in [0, 0.05) is 24.2 Å². The standard InChI is InChI=1S/C16H16ClN3O/c17-13-6-2-1-5-12(13)11-20-15(8-4-10-21)19-14-7-3-9-18-16(14)20/h1-3,5-7,9,21H,4,8,10-11H2. The second-order valence-electron chi connectivity index (χ2n) is 4.88. The lowest BCUT2D eigenvalue weighted by Gasteiger charge is -2.09. The van der Waals surface area contributed by atoms with Crippen LogP contribution >= 0.6 is 11.6 Å². The van der Waals surface area contributed by atoms with Gasteiger partial charge in [0.25, 0.3) is 0 Å². The smallest absolute Gasteiger partial charge is 0.160 e. The first-order chi connectivity index (χ1) is 10.3. The lowest BCUT2D eigenvalue weighted by molar-refractivity contribution is 0.287. The fourth-order valence-corrected chi connectivity index (χ4v) is 2.59. The summed E-state index contributed by atoms with van der Waals surface area (Å²) in [5.74, 6) is 0.928. The number of nitrogens with zero attached hydrogens (tertiary/aromatic N) is 3. The van der Waals surface area contributed by atoms with Crippen molar-refractivity contribution < 1.29 is 5.11 Å². The van der Waals surface area contributed by atoms with E-state index in [1.165, 1.54) is 0 Å². The number of hydrogen-bond acceptors (Lipinski definition) is 3. The minimum Gasteiger partial charge on any atom is -0.396 e. The summed E-state index contributed by atoms with van der Waals surface area (Å²) in [4.78, 5) is 9.05. The molecule has 0 aliphatic rings. The average molecular weight is 302 g/mol. The average Bonchev–Trinajstić information content (AvgIpc) is 2.85. The van der Waals surface area contributed by atoms with Gasteiger partial charge in [0.05, 0.1) is 6.54 Å². The molecule has 4 nitrogen and oxygen atoms in total. The molecule has 21 heavy (non-hydrogen) atoms. The van der Waals surface area contributed by atoms with Crippen molar-refractivity contribution in [2.45, 2.75) is 19.4 Å². The summed E-state index contributed by atoms with van der Waals surface area (Å²) in [7, 11) is 0. The molecule has 0 bridgehead atoms. The Balaban J connectivity index is 2.04. The molecule has 0 saturated carbocycles. The third-order valence-electron chi connectivity index (χ3n) is 3.43. The molecule has 0 fully saturated rings. The number of aromatic nitrogens is 3. The van der Waals surface area contributed by atoms with Crippen molar-refractivity contribution in [3.63, 3.8) is 0 Å². The van der Waals surface area contributed by atoms with Crippen LogP contribution in [0.1, 0.15) is 17.8 Å². The van der Waals surface area contributed by atoms with Crippen molar-refractivity contribution in [1.82, 2.24) is 14.5 Å². The Kier molecular flexibility index (Phi) is 4.18. The van der Waals surface area contributed by atoms with E-state index in [-0.39, 0.29) is 6.61 Å². The van der Waals surface area contributed by atoms with Crippen LogP contribution in [0.4, 0.5) is 0 Å². The van der Waals surface area contributed by atoms with E-state index in [4.69, 9.17) is 16.7 Å². The minimum absolute atomic E-state index is 0.155. The van der Waals surface area contributed by atoms with Gasteiger partial charge < -0.3 is 9.67 Å². The number of pyridine rings is 1. The number of hydrogen-bond donors (Lipinski definition) is 1. The van der Waals surface area contributed by atoms with E-state index >= 15 is 0 Å². The first kappa shape index (κ1) is 14.0. The Morgan fingerprint density at radius 3 is 2.81 bits per heavy atom. The van der Waals surface area contributed by atoms with Crippen molar-refractivity contribution in [2.24, 2.45) is 0 Å². The first-order valence-corrected chi connectivity index (χ1v) is 7.32. The van der Waals surface area contributed by atoms with Gasteiger partial charge in [0.1, 0.15) is 11.3 Å². The van der Waals surface area contributed by atoms with E-state index in [1.807, 2.05) is 36.4 Å². The van der Waals surface area contributed by atoms with Crippen molar-refractivity contribution in [3.8, 4) is 0 Å². The molecule has 2 aromatic heterocycles. The van der Waals surface area contributed by atoms with Gasteiger partial charge in [-0.3, -0.25) is 0 Å². The maximum absolute atomic E-state index is 9.05. The second-order valence-corrected chi connectivity index (χ2v) is 5.29. The molecule has 0 atom stereocenters. The molecule has 1 aromatic carbocycles. The molecule has 3 rings (SSSR count). The monoisotopic (exact) mass is 301 g/mol. The molecule has 3 aromatic rings. The molecule has 0 radical (unpaired) electrons. The summed E-state index contributed by atoms with van der Waals surface area (Å²) < 4.78 is 2.08. The minimum atomic E-state index is 0.155. The van der Waals surface area contributed by atoms with Gasteiger partial charge in [-0.05, 0) is 30.2 Å². The number of halogens is 1. The number of aryl methyl sites for hydroxylation is 1. The highest BCUT2D eigenvalue weighted by atomic mass is 35.5. The largest absolute Gasteiger partial charge is 0.396 e. The van der Waals surface area contributed by atoms with Crippen LogP contribution in [0.5, 0.6) is 0 Å². The van der Waals surface area contributed by atoms with Gasteiger partial charge >= 0.3 is 0 Å². The lowest BCUT2D eigenvalue weighted by atomic mass is 10.2. The maximum Gasteiger partial charge on any atom is 0.160 e. The van der Waals surface area contributed by atoms with Crippen molar-refractivity contribution in [2.75, 3.05) is 6.61 Å². The van der Waals surface area contributed by atoms with E-state index in [0.29, 0.717) is 13.0 Å². The zero-order chi connectivity index (χ0) is 14.7. The number of aliphatic hydroxyl groups is 1. The van der Waals surface area contributed by atoms with E-state index in [1.54, 1.807) is 6.20 Å². The van der Waals surface area contributed by atoms with Crippen molar-refractivity contribution in [3.05, 3.63) is 59.0 Å². The number of rotatable bonds is 5. The van der Waals surface area contributed by atoms with Crippen LogP contribution in [0.2, 0.25) is 5.02 Å². The molecule has 0 aliphatic carbocycles. The van der Waals surface area contributed by atoms with E-state index in [9.17, 15) is 0 Å². The highest BCUT2D eigenvalue weighted by Gasteiger charge is 2.12. The Bertz CT molecular complexity index is 754. The summed E-state index contributed by atoms with van der Waals surface area (Å²) in [5.41, 5.74) is 2.76. The fraction of sp³-hybridized carbons (Fsp3) is 0.250. The van der Waals surface area contributed by atoms with Gasteiger partial charge in [-0.2, -0.15) is 0 Å². The van der Waals surface area contributed by atoms with Crippen LogP contribution in [0.25, 0.3) is 11.2 Å². The molecule has 0 aliphatic heterocycles. The van der Waals surface area contributed by atoms with E-state index < -0.39 is 0 Å². The summed E-state index contributed by atoms with van der Waals surface area (Å²) in [5, 5.41) is 9.79. The third-order valence-corrected chi connectivity index (χ3v) is 3.80. The van der Waals surface area contributed by atoms with Gasteiger partial charge in [-0.1, -0.05) is 29.8 Å². The van der Waals surface area contributed by atoms with Crippen molar-refractivity contribution >= 4 is 22.8 Å². The van der Waals surface area contributed by atoms with Gasteiger partial charge in [0.15, 0.2) is 5.65 Å². The molecule has 0 spiro atoms. The lowest BCUT2D eigenvalue weighted by Crippen LogP contribution is -2.07. The summed E-state index contributed by atoms with van der Waals surface area (Å²) in [6.07, 6.45) is 3.17. The quantitative estimate of drug-likeness (QED) is 0.788. The topological polar surface area (TPSA) is 50.9 Å². The Hall–Kier alpha value is -1.91. The molecule has 5 heteroatoms. The molecular weight excluding hydrogens is 286 g/mol. The molecular formula is C16H16ClN3O. The van der Waals surface area contributed by atoms with E-state index in [0.717, 1.165) is 34.0 Å². The molecule has 0 saturated heterocycles. The first-order valence-electron chi connectivity index (χ1n) is 6.94. The highest BCUT2D eigenvalue weighted by Crippen LogP contribution is 2.21. The molecule has 1 N–H and O–H groups in total. The summed E-state index contributed by atoms with van der Waals surface area (Å²) in [6, 6.07) is 11.6. The number of benzene rings is 1. The van der Waals surface area contributed by atoms with Crippen molar-refractivity contribution in [1.29, 1.82) is 0 Å². The van der Waals surface area contributed by atoms with E-state index in [2.05, 4.69) is 14.5 Å². The Labute approximate surface area is 128 Å². The number of imidazole rings is 1.